The molecule has 5 heteroatoms. The van der Waals surface area contributed by atoms with Crippen LogP contribution in [0.15, 0.2) is 18.2 Å². The smallest absolute Gasteiger partial charge is 0.385 e. The van der Waals surface area contributed by atoms with Gasteiger partial charge in [-0.15, -0.1) is 0 Å². The van der Waals surface area contributed by atoms with Gasteiger partial charge in [0, 0.05) is 12.2 Å². The van der Waals surface area contributed by atoms with Crippen LogP contribution in [0.1, 0.15) is 24.5 Å². The number of rotatable bonds is 6. The number of benzene rings is 1. The van der Waals surface area contributed by atoms with Gasteiger partial charge in [-0.25, -0.2) is 0 Å². The molecule has 1 N–H and O–H groups in total. The number of anilines is 1. The topological polar surface area (TPSA) is 12.0 Å². The van der Waals surface area contributed by atoms with Crippen molar-refractivity contribution in [1.29, 1.82) is 0 Å². The van der Waals surface area contributed by atoms with E-state index < -0.39 is 11.7 Å². The van der Waals surface area contributed by atoms with Crippen LogP contribution in [0.25, 0.3) is 0 Å². The van der Waals surface area contributed by atoms with E-state index in [4.69, 9.17) is 0 Å². The lowest BCUT2D eigenvalue weighted by molar-refractivity contribution is -0.137. The van der Waals surface area contributed by atoms with Crippen LogP contribution in [0, 0.1) is 6.92 Å². The van der Waals surface area contributed by atoms with Crippen LogP contribution < -0.4 is 5.32 Å². The van der Waals surface area contributed by atoms with Gasteiger partial charge in [-0.3, -0.25) is 0 Å². The molecule has 0 fully saturated rings. The molecule has 0 saturated carbocycles. The van der Waals surface area contributed by atoms with Gasteiger partial charge in [0.1, 0.15) is 0 Å². The fourth-order valence-electron chi connectivity index (χ4n) is 1.53. The summed E-state index contributed by atoms with van der Waals surface area (Å²) in [5.74, 6) is 2.10. The molecule has 1 aromatic rings. The predicted octanol–water partition coefficient (Wildman–Crippen LogP) is 4.57. The first-order valence-electron chi connectivity index (χ1n) is 5.94. The number of aryl methyl sites for hydroxylation is 1. The molecule has 0 aromatic heterocycles. The Morgan fingerprint density at radius 2 is 2.00 bits per heavy atom. The third kappa shape index (κ3) is 4.80. The molecule has 0 aliphatic rings. The lowest BCUT2D eigenvalue weighted by atomic mass is 10.1. The number of hydrogen-bond donors (Lipinski definition) is 1. The van der Waals surface area contributed by atoms with Crippen LogP contribution in [0.3, 0.4) is 0 Å². The van der Waals surface area contributed by atoms with Gasteiger partial charge >= 0.3 is 6.18 Å². The minimum Gasteiger partial charge on any atom is -0.385 e. The van der Waals surface area contributed by atoms with Crippen molar-refractivity contribution in [3.63, 3.8) is 0 Å². The SMILES string of the molecule is CCSCCCNc1cc(C(F)(F)F)ccc1C. The number of thioether (sulfide) groups is 1. The molecular weight excluding hydrogens is 259 g/mol. The largest absolute Gasteiger partial charge is 0.416 e. The normalized spacial score (nSPS) is 11.6. The van der Waals surface area contributed by atoms with E-state index in [1.807, 2.05) is 18.7 Å². The zero-order chi connectivity index (χ0) is 13.6. The van der Waals surface area contributed by atoms with Crippen LogP contribution in [0.5, 0.6) is 0 Å². The van der Waals surface area contributed by atoms with Crippen LogP contribution in [0.4, 0.5) is 18.9 Å². The Hall–Kier alpha value is -0.840. The number of nitrogens with one attached hydrogen (secondary N) is 1. The third-order valence-corrected chi connectivity index (χ3v) is 3.54. The highest BCUT2D eigenvalue weighted by Crippen LogP contribution is 2.31. The first-order valence-corrected chi connectivity index (χ1v) is 7.10. The molecule has 0 radical (unpaired) electrons. The highest BCUT2D eigenvalue weighted by Gasteiger charge is 2.30. The molecule has 102 valence electrons. The van der Waals surface area contributed by atoms with Gasteiger partial charge in [0.05, 0.1) is 5.56 Å². The highest BCUT2D eigenvalue weighted by atomic mass is 32.2. The van der Waals surface area contributed by atoms with E-state index in [0.29, 0.717) is 12.2 Å². The van der Waals surface area contributed by atoms with E-state index in [1.165, 1.54) is 12.1 Å². The van der Waals surface area contributed by atoms with Gasteiger partial charge in [0.15, 0.2) is 0 Å². The van der Waals surface area contributed by atoms with Crippen LogP contribution >= 0.6 is 11.8 Å². The summed E-state index contributed by atoms with van der Waals surface area (Å²) in [6.45, 7) is 4.60. The molecule has 0 spiro atoms. The van der Waals surface area contributed by atoms with E-state index >= 15 is 0 Å². The molecule has 0 saturated heterocycles. The summed E-state index contributed by atoms with van der Waals surface area (Å²) in [5, 5.41) is 3.07. The van der Waals surface area contributed by atoms with Gasteiger partial charge in [0.25, 0.3) is 0 Å². The van der Waals surface area contributed by atoms with E-state index in [0.717, 1.165) is 29.6 Å². The minimum atomic E-state index is -4.28. The van der Waals surface area contributed by atoms with Crippen molar-refractivity contribution in [1.82, 2.24) is 0 Å². The zero-order valence-electron chi connectivity index (χ0n) is 10.6. The second kappa shape index (κ2) is 6.92. The molecule has 0 heterocycles. The first kappa shape index (κ1) is 15.2. The van der Waals surface area contributed by atoms with Gasteiger partial charge in [-0.1, -0.05) is 13.0 Å². The van der Waals surface area contributed by atoms with Crippen molar-refractivity contribution in [3.8, 4) is 0 Å². The van der Waals surface area contributed by atoms with Gasteiger partial charge in [-0.05, 0) is 42.5 Å². The van der Waals surface area contributed by atoms with E-state index in [9.17, 15) is 13.2 Å². The average Bonchev–Trinajstić information content (AvgIpc) is 2.29. The Kier molecular flexibility index (Phi) is 5.85. The standard InChI is InChI=1S/C13H18F3NS/c1-3-18-8-4-7-17-12-9-11(13(14,15)16)6-5-10(12)2/h5-6,9,17H,3-4,7-8H2,1-2H3. The van der Waals surface area contributed by atoms with E-state index in [1.54, 1.807) is 0 Å². The Bertz CT molecular complexity index is 377. The maximum atomic E-state index is 12.6. The fourth-order valence-corrected chi connectivity index (χ4v) is 2.17. The summed E-state index contributed by atoms with van der Waals surface area (Å²) >= 11 is 1.83. The molecule has 0 atom stereocenters. The first-order chi connectivity index (χ1) is 8.45. The number of alkyl halides is 3. The van der Waals surface area contributed by atoms with Crippen molar-refractivity contribution in [3.05, 3.63) is 29.3 Å². The van der Waals surface area contributed by atoms with Crippen molar-refractivity contribution >= 4 is 17.4 Å². The number of hydrogen-bond acceptors (Lipinski definition) is 2. The van der Waals surface area contributed by atoms with Crippen LogP contribution in [-0.4, -0.2) is 18.1 Å². The molecule has 0 bridgehead atoms. The van der Waals surface area contributed by atoms with Gasteiger partial charge < -0.3 is 5.32 Å². The Morgan fingerprint density at radius 3 is 2.61 bits per heavy atom. The summed E-state index contributed by atoms with van der Waals surface area (Å²) < 4.78 is 37.7. The third-order valence-electron chi connectivity index (χ3n) is 2.55. The molecule has 0 unspecified atom stereocenters. The molecule has 0 aliphatic heterocycles. The maximum Gasteiger partial charge on any atom is 0.416 e. The summed E-state index contributed by atoms with van der Waals surface area (Å²) in [5.41, 5.74) is 0.816. The highest BCUT2D eigenvalue weighted by molar-refractivity contribution is 7.99. The molecule has 18 heavy (non-hydrogen) atoms. The quantitative estimate of drug-likeness (QED) is 0.764. The Balaban J connectivity index is 2.59. The average molecular weight is 277 g/mol. The van der Waals surface area contributed by atoms with E-state index in [2.05, 4.69) is 12.2 Å². The predicted molar refractivity (Wildman–Crippen MR) is 72.3 cm³/mol. The van der Waals surface area contributed by atoms with Crippen molar-refractivity contribution in [2.45, 2.75) is 26.4 Å². The zero-order valence-corrected chi connectivity index (χ0v) is 11.4. The lowest BCUT2D eigenvalue weighted by Gasteiger charge is -2.13. The molecule has 1 aromatic carbocycles. The summed E-state index contributed by atoms with van der Waals surface area (Å²) in [7, 11) is 0. The number of halogens is 3. The summed E-state index contributed by atoms with van der Waals surface area (Å²) in [6.07, 6.45) is -3.32. The van der Waals surface area contributed by atoms with Gasteiger partial charge in [-0.2, -0.15) is 24.9 Å². The van der Waals surface area contributed by atoms with Gasteiger partial charge in [0.2, 0.25) is 0 Å². The molecular formula is C13H18F3NS. The molecule has 0 amide bonds. The molecule has 1 rings (SSSR count). The lowest BCUT2D eigenvalue weighted by Crippen LogP contribution is -2.08. The maximum absolute atomic E-state index is 12.6. The van der Waals surface area contributed by atoms with Crippen molar-refractivity contribution in [2.24, 2.45) is 0 Å². The Morgan fingerprint density at radius 1 is 1.28 bits per heavy atom. The Labute approximate surface area is 110 Å². The minimum absolute atomic E-state index is 0.575. The summed E-state index contributed by atoms with van der Waals surface area (Å²) in [4.78, 5) is 0. The monoisotopic (exact) mass is 277 g/mol. The molecule has 0 aliphatic carbocycles. The van der Waals surface area contributed by atoms with Crippen molar-refractivity contribution in [2.75, 3.05) is 23.4 Å². The second-order valence-corrected chi connectivity index (χ2v) is 5.40. The van der Waals surface area contributed by atoms with Crippen molar-refractivity contribution < 1.29 is 13.2 Å². The summed E-state index contributed by atoms with van der Waals surface area (Å²) in [6, 6.07) is 3.81. The second-order valence-electron chi connectivity index (χ2n) is 4.00. The van der Waals surface area contributed by atoms with E-state index in [-0.39, 0.29) is 0 Å². The molecule has 1 nitrogen and oxygen atoms in total. The van der Waals surface area contributed by atoms with Crippen LogP contribution in [-0.2, 0) is 6.18 Å². The fraction of sp³-hybridized carbons (Fsp3) is 0.538. The van der Waals surface area contributed by atoms with Crippen LogP contribution in [0.2, 0.25) is 0 Å².